The largest absolute Gasteiger partial charge is 0.496 e. The van der Waals surface area contributed by atoms with Crippen LogP contribution in [0.5, 0.6) is 5.75 Å². The molecule has 3 rings (SSSR count). The van der Waals surface area contributed by atoms with Gasteiger partial charge in [0.15, 0.2) is 0 Å². The van der Waals surface area contributed by atoms with E-state index in [9.17, 15) is 0 Å². The number of rotatable bonds is 2. The van der Waals surface area contributed by atoms with Crippen LogP contribution in [0.25, 0.3) is 21.3 Å². The van der Waals surface area contributed by atoms with Crippen molar-refractivity contribution in [2.75, 3.05) is 7.11 Å². The Morgan fingerprint density at radius 3 is 2.70 bits per heavy atom. The molecule has 0 radical (unpaired) electrons. The molecule has 2 aromatic heterocycles. The monoisotopic (exact) mass is 284 g/mol. The maximum atomic E-state index is 5.55. The Hall–Kier alpha value is -1.94. The maximum absolute atomic E-state index is 5.55. The number of fused-ring (bicyclic) bond motifs is 1. The summed E-state index contributed by atoms with van der Waals surface area (Å²) in [4.78, 5) is 10.1. The molecule has 3 aromatic rings. The van der Waals surface area contributed by atoms with E-state index in [4.69, 9.17) is 4.74 Å². The van der Waals surface area contributed by atoms with Gasteiger partial charge in [0.1, 0.15) is 11.6 Å². The lowest BCUT2D eigenvalue weighted by Crippen LogP contribution is -1.91. The molecule has 0 atom stereocenters. The van der Waals surface area contributed by atoms with Crippen LogP contribution in [0.2, 0.25) is 0 Å². The molecule has 0 saturated carbocycles. The van der Waals surface area contributed by atoms with E-state index in [1.807, 2.05) is 13.1 Å². The molecule has 0 fully saturated rings. The van der Waals surface area contributed by atoms with Crippen molar-refractivity contribution in [2.24, 2.45) is 0 Å². The van der Waals surface area contributed by atoms with Gasteiger partial charge in [0, 0.05) is 22.2 Å². The van der Waals surface area contributed by atoms with Crippen LogP contribution in [0, 0.1) is 20.8 Å². The number of methoxy groups -OCH3 is 1. The lowest BCUT2D eigenvalue weighted by molar-refractivity contribution is 0.416. The van der Waals surface area contributed by atoms with Crippen molar-refractivity contribution in [1.29, 1.82) is 0 Å². The molecule has 102 valence electrons. The highest BCUT2D eigenvalue weighted by Gasteiger charge is 2.16. The van der Waals surface area contributed by atoms with Gasteiger partial charge in [-0.05, 0) is 32.4 Å². The number of ether oxygens (including phenoxy) is 1. The Morgan fingerprint density at radius 1 is 1.15 bits per heavy atom. The fourth-order valence-electron chi connectivity index (χ4n) is 2.42. The minimum atomic E-state index is 0.794. The summed E-state index contributed by atoms with van der Waals surface area (Å²) in [6.45, 7) is 6.11. The number of hydrogen-bond donors (Lipinski definition) is 0. The Labute approximate surface area is 122 Å². The average Bonchev–Trinajstić information content (AvgIpc) is 2.74. The molecule has 2 heterocycles. The van der Waals surface area contributed by atoms with E-state index in [-0.39, 0.29) is 0 Å². The molecular formula is C16H16N2OS. The average molecular weight is 284 g/mol. The second-order valence-electron chi connectivity index (χ2n) is 4.87. The molecule has 0 bridgehead atoms. The van der Waals surface area contributed by atoms with Crippen LogP contribution in [0.3, 0.4) is 0 Å². The van der Waals surface area contributed by atoms with Gasteiger partial charge in [-0.3, -0.25) is 0 Å². The van der Waals surface area contributed by atoms with Crippen molar-refractivity contribution >= 4 is 21.6 Å². The first kappa shape index (κ1) is 13.1. The minimum absolute atomic E-state index is 0.794. The van der Waals surface area contributed by atoms with Gasteiger partial charge in [0.2, 0.25) is 0 Å². The summed E-state index contributed by atoms with van der Waals surface area (Å²) in [7, 11) is 1.71. The van der Waals surface area contributed by atoms with Crippen molar-refractivity contribution < 1.29 is 4.74 Å². The van der Waals surface area contributed by atoms with Crippen LogP contribution >= 0.6 is 11.3 Å². The fourth-order valence-corrected chi connectivity index (χ4v) is 3.41. The number of aromatic nitrogens is 2. The number of thiophene rings is 1. The van der Waals surface area contributed by atoms with Gasteiger partial charge < -0.3 is 4.74 Å². The van der Waals surface area contributed by atoms with Crippen LogP contribution in [-0.2, 0) is 0 Å². The van der Waals surface area contributed by atoms with Crippen LogP contribution < -0.4 is 4.74 Å². The molecule has 1 aromatic carbocycles. The summed E-state index contributed by atoms with van der Waals surface area (Å²) in [5.41, 5.74) is 4.46. The van der Waals surface area contributed by atoms with E-state index >= 15 is 0 Å². The first-order valence-corrected chi connectivity index (χ1v) is 7.29. The maximum Gasteiger partial charge on any atom is 0.127 e. The number of aryl methyl sites for hydroxylation is 3. The van der Waals surface area contributed by atoms with E-state index in [1.165, 1.54) is 10.4 Å². The smallest absolute Gasteiger partial charge is 0.127 e. The number of benzene rings is 1. The van der Waals surface area contributed by atoms with Gasteiger partial charge in [0.05, 0.1) is 17.3 Å². The van der Waals surface area contributed by atoms with Crippen LogP contribution in [0.1, 0.15) is 16.3 Å². The first-order chi connectivity index (χ1) is 9.60. The van der Waals surface area contributed by atoms with E-state index in [0.29, 0.717) is 0 Å². The van der Waals surface area contributed by atoms with Crippen molar-refractivity contribution in [2.45, 2.75) is 20.8 Å². The fraction of sp³-hybridized carbons (Fsp3) is 0.250. The van der Waals surface area contributed by atoms with E-state index in [0.717, 1.165) is 32.9 Å². The van der Waals surface area contributed by atoms with Gasteiger partial charge in [0.25, 0.3) is 0 Å². The zero-order valence-corrected chi connectivity index (χ0v) is 12.8. The molecule has 0 N–H and O–H groups in total. The highest BCUT2D eigenvalue weighted by molar-refractivity contribution is 7.19. The third-order valence-corrected chi connectivity index (χ3v) is 4.38. The summed E-state index contributed by atoms with van der Waals surface area (Å²) in [6, 6.07) is 6.28. The predicted octanol–water partition coefficient (Wildman–Crippen LogP) is 4.29. The van der Waals surface area contributed by atoms with Crippen LogP contribution in [0.4, 0.5) is 0 Å². The SMILES string of the molecule is COc1cc(C)ccc1-c1c(C)sc2cnc(C)nc12. The van der Waals surface area contributed by atoms with Crippen molar-refractivity contribution in [3.8, 4) is 16.9 Å². The first-order valence-electron chi connectivity index (χ1n) is 6.48. The summed E-state index contributed by atoms with van der Waals surface area (Å²) in [5, 5.41) is 0. The van der Waals surface area contributed by atoms with Crippen molar-refractivity contribution in [3.05, 3.63) is 40.7 Å². The van der Waals surface area contributed by atoms with Crippen LogP contribution in [0.15, 0.2) is 24.4 Å². The van der Waals surface area contributed by atoms with Gasteiger partial charge in [-0.2, -0.15) is 0 Å². The van der Waals surface area contributed by atoms with Crippen molar-refractivity contribution in [1.82, 2.24) is 9.97 Å². The minimum Gasteiger partial charge on any atom is -0.496 e. The number of hydrogen-bond acceptors (Lipinski definition) is 4. The topological polar surface area (TPSA) is 35.0 Å². The third-order valence-electron chi connectivity index (χ3n) is 3.35. The Kier molecular flexibility index (Phi) is 3.18. The molecule has 3 nitrogen and oxygen atoms in total. The lowest BCUT2D eigenvalue weighted by atomic mass is 10.0. The highest BCUT2D eigenvalue weighted by Crippen LogP contribution is 2.41. The summed E-state index contributed by atoms with van der Waals surface area (Å²) in [6.07, 6.45) is 1.90. The molecule has 0 unspecified atom stereocenters. The van der Waals surface area contributed by atoms with Crippen LogP contribution in [-0.4, -0.2) is 17.1 Å². The molecule has 0 saturated heterocycles. The third kappa shape index (κ3) is 2.06. The molecule has 0 aliphatic carbocycles. The van der Waals surface area contributed by atoms with E-state index < -0.39 is 0 Å². The quantitative estimate of drug-likeness (QED) is 0.704. The molecule has 0 aliphatic rings. The summed E-state index contributed by atoms with van der Waals surface area (Å²) >= 11 is 1.73. The van der Waals surface area contributed by atoms with E-state index in [2.05, 4.69) is 42.0 Å². The Bertz CT molecular complexity index is 793. The normalized spacial score (nSPS) is 11.0. The van der Waals surface area contributed by atoms with Gasteiger partial charge in [-0.1, -0.05) is 12.1 Å². The second-order valence-corrected chi connectivity index (χ2v) is 6.12. The molecule has 20 heavy (non-hydrogen) atoms. The molecular weight excluding hydrogens is 268 g/mol. The number of nitrogens with zero attached hydrogens (tertiary/aromatic N) is 2. The van der Waals surface area contributed by atoms with Gasteiger partial charge in [-0.15, -0.1) is 11.3 Å². The standard InChI is InChI=1S/C16H16N2OS/c1-9-5-6-12(13(7-9)19-4)15-10(2)20-14-8-17-11(3)18-16(14)15/h5-8H,1-4H3. The van der Waals surface area contributed by atoms with Crippen molar-refractivity contribution in [3.63, 3.8) is 0 Å². The molecule has 4 heteroatoms. The lowest BCUT2D eigenvalue weighted by Gasteiger charge is -2.09. The molecule has 0 spiro atoms. The Morgan fingerprint density at radius 2 is 1.95 bits per heavy atom. The molecule has 0 amide bonds. The van der Waals surface area contributed by atoms with Gasteiger partial charge in [-0.25, -0.2) is 9.97 Å². The van der Waals surface area contributed by atoms with E-state index in [1.54, 1.807) is 18.4 Å². The highest BCUT2D eigenvalue weighted by atomic mass is 32.1. The molecule has 0 aliphatic heterocycles. The predicted molar refractivity (Wildman–Crippen MR) is 83.6 cm³/mol. The Balaban J connectivity index is 2.34. The summed E-state index contributed by atoms with van der Waals surface area (Å²) < 4.78 is 6.66. The zero-order chi connectivity index (χ0) is 14.3. The van der Waals surface area contributed by atoms with Gasteiger partial charge >= 0.3 is 0 Å². The second kappa shape index (κ2) is 4.87. The zero-order valence-electron chi connectivity index (χ0n) is 12.0. The summed E-state index contributed by atoms with van der Waals surface area (Å²) in [5.74, 6) is 1.69.